The summed E-state index contributed by atoms with van der Waals surface area (Å²) in [6.45, 7) is 0.844. The van der Waals surface area contributed by atoms with Gasteiger partial charge in [-0.2, -0.15) is 0 Å². The van der Waals surface area contributed by atoms with Gasteiger partial charge in [-0.3, -0.25) is 9.59 Å². The monoisotopic (exact) mass is 205 g/mol. The van der Waals surface area contributed by atoms with Crippen LogP contribution < -0.4 is 0 Å². The van der Waals surface area contributed by atoms with Crippen LogP contribution in [0.4, 0.5) is 0 Å². The standard InChI is InChI=1S/C8H15NO5/c1-6(8(13)14)7(12)9(2-4-10)3-5-11/h6,10-11H,2-5H2,1H3,(H,13,14). The second-order valence-corrected chi connectivity index (χ2v) is 2.83. The van der Waals surface area contributed by atoms with Crippen molar-refractivity contribution in [2.75, 3.05) is 26.3 Å². The van der Waals surface area contributed by atoms with Crippen LogP contribution in [0.1, 0.15) is 6.92 Å². The minimum Gasteiger partial charge on any atom is -0.481 e. The molecule has 0 aromatic carbocycles. The Morgan fingerprint density at radius 3 is 1.93 bits per heavy atom. The van der Waals surface area contributed by atoms with Gasteiger partial charge in [-0.05, 0) is 6.92 Å². The van der Waals surface area contributed by atoms with E-state index in [4.69, 9.17) is 15.3 Å². The van der Waals surface area contributed by atoms with Crippen LogP contribution in [0, 0.1) is 5.92 Å². The van der Waals surface area contributed by atoms with E-state index in [1.807, 2.05) is 0 Å². The van der Waals surface area contributed by atoms with Crippen molar-refractivity contribution in [1.29, 1.82) is 0 Å². The van der Waals surface area contributed by atoms with Gasteiger partial charge in [0.25, 0.3) is 0 Å². The van der Waals surface area contributed by atoms with Crippen molar-refractivity contribution >= 4 is 11.9 Å². The van der Waals surface area contributed by atoms with Gasteiger partial charge in [0.2, 0.25) is 5.91 Å². The molecule has 1 unspecified atom stereocenters. The van der Waals surface area contributed by atoms with Crippen LogP contribution in [-0.4, -0.2) is 58.4 Å². The maximum Gasteiger partial charge on any atom is 0.315 e. The Labute approximate surface area is 81.8 Å². The average Bonchev–Trinajstić information content (AvgIpc) is 2.15. The number of hydrogen-bond acceptors (Lipinski definition) is 4. The van der Waals surface area contributed by atoms with Crippen LogP contribution in [0.2, 0.25) is 0 Å². The third-order valence-electron chi connectivity index (χ3n) is 1.79. The number of carbonyl (C=O) groups excluding carboxylic acids is 1. The Bertz CT molecular complexity index is 200. The van der Waals surface area contributed by atoms with Gasteiger partial charge in [-0.25, -0.2) is 0 Å². The number of nitrogens with zero attached hydrogens (tertiary/aromatic N) is 1. The van der Waals surface area contributed by atoms with E-state index in [1.165, 1.54) is 6.92 Å². The zero-order chi connectivity index (χ0) is 11.1. The highest BCUT2D eigenvalue weighted by atomic mass is 16.4. The fourth-order valence-corrected chi connectivity index (χ4v) is 0.953. The maximum absolute atomic E-state index is 11.4. The van der Waals surface area contributed by atoms with E-state index < -0.39 is 17.8 Å². The molecule has 6 nitrogen and oxygen atoms in total. The second kappa shape index (κ2) is 6.33. The molecule has 0 aromatic rings. The van der Waals surface area contributed by atoms with Gasteiger partial charge in [-0.1, -0.05) is 0 Å². The molecule has 1 atom stereocenters. The molecule has 0 rings (SSSR count). The molecule has 3 N–H and O–H groups in total. The first-order valence-electron chi connectivity index (χ1n) is 4.28. The van der Waals surface area contributed by atoms with E-state index in [1.54, 1.807) is 0 Å². The van der Waals surface area contributed by atoms with Crippen molar-refractivity contribution in [1.82, 2.24) is 4.90 Å². The van der Waals surface area contributed by atoms with E-state index in [9.17, 15) is 9.59 Å². The van der Waals surface area contributed by atoms with E-state index in [0.717, 1.165) is 4.90 Å². The number of aliphatic carboxylic acids is 1. The number of amides is 1. The maximum atomic E-state index is 11.4. The normalized spacial score (nSPS) is 12.2. The van der Waals surface area contributed by atoms with Crippen LogP contribution in [0.5, 0.6) is 0 Å². The highest BCUT2D eigenvalue weighted by molar-refractivity contribution is 5.96. The molecule has 6 heteroatoms. The Kier molecular flexibility index (Phi) is 5.82. The van der Waals surface area contributed by atoms with Crippen LogP contribution >= 0.6 is 0 Å². The van der Waals surface area contributed by atoms with Gasteiger partial charge < -0.3 is 20.2 Å². The van der Waals surface area contributed by atoms with Crippen molar-refractivity contribution in [3.63, 3.8) is 0 Å². The smallest absolute Gasteiger partial charge is 0.315 e. The van der Waals surface area contributed by atoms with Crippen LogP contribution in [-0.2, 0) is 9.59 Å². The van der Waals surface area contributed by atoms with Gasteiger partial charge in [0, 0.05) is 13.1 Å². The predicted molar refractivity (Wildman–Crippen MR) is 47.6 cm³/mol. The summed E-state index contributed by atoms with van der Waals surface area (Å²) in [5.41, 5.74) is 0. The molecule has 0 saturated heterocycles. The molecule has 0 bridgehead atoms. The molecule has 0 spiro atoms. The molecule has 0 saturated carbocycles. The number of carbonyl (C=O) groups is 2. The van der Waals surface area contributed by atoms with Gasteiger partial charge in [0.15, 0.2) is 0 Å². The van der Waals surface area contributed by atoms with Gasteiger partial charge >= 0.3 is 5.97 Å². The molecule has 0 aromatic heterocycles. The van der Waals surface area contributed by atoms with Gasteiger partial charge in [0.05, 0.1) is 13.2 Å². The van der Waals surface area contributed by atoms with Crippen molar-refractivity contribution in [2.45, 2.75) is 6.92 Å². The van der Waals surface area contributed by atoms with Crippen LogP contribution in [0.25, 0.3) is 0 Å². The Hall–Kier alpha value is -1.14. The van der Waals surface area contributed by atoms with Crippen molar-refractivity contribution in [3.8, 4) is 0 Å². The third-order valence-corrected chi connectivity index (χ3v) is 1.79. The molecule has 82 valence electrons. The van der Waals surface area contributed by atoms with E-state index >= 15 is 0 Å². The lowest BCUT2D eigenvalue weighted by atomic mass is 10.1. The number of hydrogen-bond donors (Lipinski definition) is 3. The fraction of sp³-hybridized carbons (Fsp3) is 0.750. The fourth-order valence-electron chi connectivity index (χ4n) is 0.953. The van der Waals surface area contributed by atoms with Gasteiger partial charge in [0.1, 0.15) is 5.92 Å². The van der Waals surface area contributed by atoms with Crippen LogP contribution in [0.15, 0.2) is 0 Å². The van der Waals surface area contributed by atoms with Crippen molar-refractivity contribution in [3.05, 3.63) is 0 Å². The molecule has 0 heterocycles. The lowest BCUT2D eigenvalue weighted by Crippen LogP contribution is -2.41. The Morgan fingerprint density at radius 1 is 1.21 bits per heavy atom. The average molecular weight is 205 g/mol. The van der Waals surface area contributed by atoms with Crippen molar-refractivity contribution in [2.24, 2.45) is 5.92 Å². The quantitative estimate of drug-likeness (QED) is 0.459. The first-order valence-corrected chi connectivity index (χ1v) is 4.28. The first-order chi connectivity index (χ1) is 6.54. The van der Waals surface area contributed by atoms with Gasteiger partial charge in [-0.15, -0.1) is 0 Å². The summed E-state index contributed by atoms with van der Waals surface area (Å²) >= 11 is 0. The van der Waals surface area contributed by atoms with Crippen LogP contribution in [0.3, 0.4) is 0 Å². The summed E-state index contributed by atoms with van der Waals surface area (Å²) in [6.07, 6.45) is 0. The zero-order valence-electron chi connectivity index (χ0n) is 8.01. The molecule has 0 aliphatic carbocycles. The zero-order valence-corrected chi connectivity index (χ0v) is 8.01. The second-order valence-electron chi connectivity index (χ2n) is 2.83. The largest absolute Gasteiger partial charge is 0.481 e. The molecule has 0 fully saturated rings. The summed E-state index contributed by atoms with van der Waals surface area (Å²) in [6, 6.07) is 0. The predicted octanol–water partition coefficient (Wildman–Crippen LogP) is -1.48. The number of rotatable bonds is 6. The summed E-state index contributed by atoms with van der Waals surface area (Å²) in [4.78, 5) is 23.0. The highest BCUT2D eigenvalue weighted by Gasteiger charge is 2.25. The number of aliphatic hydroxyl groups excluding tert-OH is 2. The topological polar surface area (TPSA) is 98.1 Å². The third kappa shape index (κ3) is 3.71. The Balaban J connectivity index is 4.33. The molecule has 14 heavy (non-hydrogen) atoms. The summed E-state index contributed by atoms with van der Waals surface area (Å²) < 4.78 is 0. The SMILES string of the molecule is CC(C(=O)O)C(=O)N(CCO)CCO. The molecule has 0 aliphatic heterocycles. The van der Waals surface area contributed by atoms with E-state index in [-0.39, 0.29) is 26.3 Å². The lowest BCUT2D eigenvalue weighted by Gasteiger charge is -2.22. The molecular formula is C8H15NO5. The minimum absolute atomic E-state index is 0.0387. The summed E-state index contributed by atoms with van der Waals surface area (Å²) in [7, 11) is 0. The molecule has 0 aliphatic rings. The minimum atomic E-state index is -1.21. The van der Waals surface area contributed by atoms with Crippen molar-refractivity contribution < 1.29 is 24.9 Å². The summed E-state index contributed by atoms with van der Waals surface area (Å²) in [5, 5.41) is 25.8. The number of carboxylic acids is 1. The molecular weight excluding hydrogens is 190 g/mol. The highest BCUT2D eigenvalue weighted by Crippen LogP contribution is 2.02. The lowest BCUT2D eigenvalue weighted by molar-refractivity contribution is -0.150. The first kappa shape index (κ1) is 12.9. The number of carboxylic acid groups (broad SMARTS) is 1. The van der Waals surface area contributed by atoms with E-state index in [0.29, 0.717) is 0 Å². The Morgan fingerprint density at radius 2 is 1.64 bits per heavy atom. The summed E-state index contributed by atoms with van der Waals surface area (Å²) in [5.74, 6) is -2.95. The van der Waals surface area contributed by atoms with E-state index in [2.05, 4.69) is 0 Å². The molecule has 0 radical (unpaired) electrons. The number of aliphatic hydroxyl groups is 2. The molecule has 1 amide bonds.